The first-order chi connectivity index (χ1) is 13.5. The Morgan fingerprint density at radius 2 is 2.00 bits per heavy atom. The van der Waals surface area contributed by atoms with Crippen LogP contribution in [0.1, 0.15) is 27.6 Å². The summed E-state index contributed by atoms with van der Waals surface area (Å²) in [7, 11) is 1.32. The summed E-state index contributed by atoms with van der Waals surface area (Å²) in [6.07, 6.45) is -0.202. The highest BCUT2D eigenvalue weighted by molar-refractivity contribution is 5.96. The number of hydrogen-bond donors (Lipinski definition) is 1. The number of halogens is 1. The van der Waals surface area contributed by atoms with Crippen molar-refractivity contribution >= 4 is 17.6 Å². The number of anilines is 1. The predicted molar refractivity (Wildman–Crippen MR) is 103 cm³/mol. The highest BCUT2D eigenvalue weighted by atomic mass is 19.1. The van der Waals surface area contributed by atoms with Gasteiger partial charge in [-0.05, 0) is 42.3 Å². The number of nitrogens with one attached hydrogen (secondary N) is 1. The van der Waals surface area contributed by atoms with E-state index in [0.29, 0.717) is 30.9 Å². The first-order valence-corrected chi connectivity index (χ1v) is 9.04. The summed E-state index contributed by atoms with van der Waals surface area (Å²) in [5.41, 5.74) is 2.70. The van der Waals surface area contributed by atoms with Crippen LogP contribution in [0.4, 0.5) is 10.1 Å². The van der Waals surface area contributed by atoms with Crippen molar-refractivity contribution < 1.29 is 23.5 Å². The second-order valence-corrected chi connectivity index (χ2v) is 6.72. The van der Waals surface area contributed by atoms with Crippen LogP contribution in [0.2, 0.25) is 0 Å². The first kappa shape index (κ1) is 20.0. The van der Waals surface area contributed by atoms with Crippen molar-refractivity contribution in [1.82, 2.24) is 4.90 Å². The van der Waals surface area contributed by atoms with Crippen molar-refractivity contribution in [3.05, 3.63) is 65.0 Å². The molecule has 2 aromatic carbocycles. The van der Waals surface area contributed by atoms with Gasteiger partial charge in [0.05, 0.1) is 31.9 Å². The van der Waals surface area contributed by atoms with E-state index >= 15 is 0 Å². The lowest BCUT2D eigenvalue weighted by Crippen LogP contribution is -2.42. The topological polar surface area (TPSA) is 67.9 Å². The van der Waals surface area contributed by atoms with Crippen LogP contribution in [0, 0.1) is 12.7 Å². The van der Waals surface area contributed by atoms with Gasteiger partial charge in [0.2, 0.25) is 5.91 Å². The zero-order valence-corrected chi connectivity index (χ0v) is 15.9. The molecule has 1 saturated heterocycles. The lowest BCUT2D eigenvalue weighted by molar-refractivity contribution is -0.119. The number of methoxy groups -OCH3 is 1. The number of nitrogens with zero attached hydrogens (tertiary/aromatic N) is 1. The molecule has 7 heteroatoms. The Balaban J connectivity index is 1.61. The van der Waals surface area contributed by atoms with Gasteiger partial charge in [0.25, 0.3) is 0 Å². The molecule has 1 fully saturated rings. The Morgan fingerprint density at radius 3 is 2.71 bits per heavy atom. The van der Waals surface area contributed by atoms with Crippen LogP contribution in [0.25, 0.3) is 0 Å². The van der Waals surface area contributed by atoms with Gasteiger partial charge in [0, 0.05) is 18.8 Å². The molecule has 0 aromatic heterocycles. The minimum absolute atomic E-state index is 0.176. The first-order valence-electron chi connectivity index (χ1n) is 9.04. The number of amides is 1. The number of hydrogen-bond acceptors (Lipinski definition) is 5. The molecule has 28 heavy (non-hydrogen) atoms. The largest absolute Gasteiger partial charge is 0.465 e. The number of carbonyl (C=O) groups excluding carboxylic acids is 2. The molecule has 0 saturated carbocycles. The molecular weight excluding hydrogens is 363 g/mol. The van der Waals surface area contributed by atoms with E-state index < -0.39 is 5.97 Å². The summed E-state index contributed by atoms with van der Waals surface area (Å²) in [5, 5.41) is 2.86. The van der Waals surface area contributed by atoms with Gasteiger partial charge in [-0.15, -0.1) is 0 Å². The van der Waals surface area contributed by atoms with Gasteiger partial charge < -0.3 is 14.8 Å². The van der Waals surface area contributed by atoms with Gasteiger partial charge in [0.15, 0.2) is 0 Å². The molecule has 148 valence electrons. The van der Waals surface area contributed by atoms with Gasteiger partial charge in [-0.1, -0.05) is 18.2 Å². The SMILES string of the molecule is COC(=O)c1ccc(C)c(NC(=O)CN2CCOC(c3ccc(F)cc3)C2)c1. The average molecular weight is 386 g/mol. The van der Waals surface area contributed by atoms with E-state index in [1.54, 1.807) is 30.3 Å². The number of carbonyl (C=O) groups is 2. The minimum Gasteiger partial charge on any atom is -0.465 e. The molecule has 0 radical (unpaired) electrons. The fourth-order valence-electron chi connectivity index (χ4n) is 3.12. The van der Waals surface area contributed by atoms with Gasteiger partial charge in [-0.3, -0.25) is 9.69 Å². The van der Waals surface area contributed by atoms with Crippen LogP contribution in [0.5, 0.6) is 0 Å². The van der Waals surface area contributed by atoms with Crippen molar-refractivity contribution in [2.45, 2.75) is 13.0 Å². The number of morpholine rings is 1. The summed E-state index contributed by atoms with van der Waals surface area (Å²) in [5.74, 6) is -0.920. The summed E-state index contributed by atoms with van der Waals surface area (Å²) >= 11 is 0. The fourth-order valence-corrected chi connectivity index (χ4v) is 3.12. The highest BCUT2D eigenvalue weighted by Crippen LogP contribution is 2.23. The van der Waals surface area contributed by atoms with Gasteiger partial charge >= 0.3 is 5.97 Å². The number of esters is 1. The number of ether oxygens (including phenoxy) is 2. The highest BCUT2D eigenvalue weighted by Gasteiger charge is 2.23. The molecule has 2 aromatic rings. The third-order valence-electron chi connectivity index (χ3n) is 4.69. The smallest absolute Gasteiger partial charge is 0.337 e. The van der Waals surface area contributed by atoms with Crippen LogP contribution < -0.4 is 5.32 Å². The second kappa shape index (κ2) is 8.95. The molecule has 1 amide bonds. The summed E-state index contributed by atoms with van der Waals surface area (Å²) in [4.78, 5) is 26.2. The molecule has 0 bridgehead atoms. The predicted octanol–water partition coefficient (Wildman–Crippen LogP) is 2.93. The Labute approximate surface area is 163 Å². The number of aryl methyl sites for hydroxylation is 1. The van der Waals surface area contributed by atoms with Crippen LogP contribution >= 0.6 is 0 Å². The third kappa shape index (κ3) is 4.94. The van der Waals surface area contributed by atoms with E-state index in [9.17, 15) is 14.0 Å². The Bertz CT molecular complexity index is 854. The zero-order valence-electron chi connectivity index (χ0n) is 15.9. The molecule has 6 nitrogen and oxygen atoms in total. The minimum atomic E-state index is -0.453. The van der Waals surface area contributed by atoms with E-state index in [1.807, 2.05) is 11.8 Å². The molecular formula is C21H23FN2O4. The number of benzene rings is 2. The van der Waals surface area contributed by atoms with E-state index in [2.05, 4.69) is 5.32 Å². The van der Waals surface area contributed by atoms with E-state index in [4.69, 9.17) is 9.47 Å². The van der Waals surface area contributed by atoms with Gasteiger partial charge in [-0.2, -0.15) is 0 Å². The molecule has 1 N–H and O–H groups in total. The molecule has 1 atom stereocenters. The lowest BCUT2D eigenvalue weighted by Gasteiger charge is -2.32. The van der Waals surface area contributed by atoms with E-state index in [-0.39, 0.29) is 24.4 Å². The van der Waals surface area contributed by atoms with Gasteiger partial charge in [-0.25, -0.2) is 9.18 Å². The molecule has 0 spiro atoms. The second-order valence-electron chi connectivity index (χ2n) is 6.72. The van der Waals surface area contributed by atoms with Gasteiger partial charge in [0.1, 0.15) is 5.82 Å². The summed E-state index contributed by atoms with van der Waals surface area (Å²) in [6.45, 7) is 3.72. The quantitative estimate of drug-likeness (QED) is 0.801. The van der Waals surface area contributed by atoms with Crippen LogP contribution in [-0.4, -0.2) is 50.1 Å². The molecule has 1 aliphatic heterocycles. The van der Waals surface area contributed by atoms with Crippen LogP contribution in [0.3, 0.4) is 0 Å². The summed E-state index contributed by atoms with van der Waals surface area (Å²) < 4.78 is 23.6. The standard InChI is InChI=1S/C21H23FN2O4/c1-14-3-4-16(21(26)27-2)11-18(14)23-20(25)13-24-9-10-28-19(12-24)15-5-7-17(22)8-6-15/h3-8,11,19H,9-10,12-13H2,1-2H3,(H,23,25). The van der Waals surface area contributed by atoms with Crippen molar-refractivity contribution in [1.29, 1.82) is 0 Å². The molecule has 1 heterocycles. The Hall–Kier alpha value is -2.77. The van der Waals surface area contributed by atoms with Crippen molar-refractivity contribution in [2.75, 3.05) is 38.7 Å². The molecule has 3 rings (SSSR count). The maximum Gasteiger partial charge on any atom is 0.337 e. The van der Waals surface area contributed by atoms with Crippen molar-refractivity contribution in [3.63, 3.8) is 0 Å². The molecule has 0 aliphatic carbocycles. The van der Waals surface area contributed by atoms with E-state index in [1.165, 1.54) is 19.2 Å². The maximum absolute atomic E-state index is 13.1. The lowest BCUT2D eigenvalue weighted by atomic mass is 10.1. The van der Waals surface area contributed by atoms with Crippen LogP contribution in [0.15, 0.2) is 42.5 Å². The fraction of sp³-hybridized carbons (Fsp3) is 0.333. The molecule has 1 unspecified atom stereocenters. The monoisotopic (exact) mass is 386 g/mol. The molecule has 1 aliphatic rings. The normalized spacial score (nSPS) is 17.2. The van der Waals surface area contributed by atoms with Crippen LogP contribution in [-0.2, 0) is 14.3 Å². The summed E-state index contributed by atoms with van der Waals surface area (Å²) in [6, 6.07) is 11.2. The maximum atomic E-state index is 13.1. The third-order valence-corrected chi connectivity index (χ3v) is 4.69. The van der Waals surface area contributed by atoms with E-state index in [0.717, 1.165) is 11.1 Å². The van der Waals surface area contributed by atoms with Crippen molar-refractivity contribution in [2.24, 2.45) is 0 Å². The average Bonchev–Trinajstić information content (AvgIpc) is 2.69. The Morgan fingerprint density at radius 1 is 1.25 bits per heavy atom. The number of rotatable bonds is 5. The Kier molecular flexibility index (Phi) is 6.38. The zero-order chi connectivity index (χ0) is 20.1. The van der Waals surface area contributed by atoms with Crippen molar-refractivity contribution in [3.8, 4) is 0 Å².